The van der Waals surface area contributed by atoms with Gasteiger partial charge < -0.3 is 14.2 Å². The summed E-state index contributed by atoms with van der Waals surface area (Å²) in [5.74, 6) is 2.14. The Labute approximate surface area is 169 Å². The quantitative estimate of drug-likeness (QED) is 0.569. The fourth-order valence-corrected chi connectivity index (χ4v) is 3.89. The molecule has 1 aliphatic heterocycles. The van der Waals surface area contributed by atoms with E-state index in [2.05, 4.69) is 30.0 Å². The van der Waals surface area contributed by atoms with E-state index in [1.165, 1.54) is 37.7 Å². The Bertz CT molecular complexity index is 761. The molecule has 2 aromatic rings. The highest BCUT2D eigenvalue weighted by Gasteiger charge is 2.25. The first-order valence-corrected chi connectivity index (χ1v) is 10.7. The van der Waals surface area contributed by atoms with Crippen LogP contribution in [0.5, 0.6) is 0 Å². The van der Waals surface area contributed by atoms with E-state index in [0.29, 0.717) is 6.54 Å². The molecule has 3 rings (SSSR count). The van der Waals surface area contributed by atoms with Crippen molar-refractivity contribution in [1.29, 1.82) is 0 Å². The summed E-state index contributed by atoms with van der Waals surface area (Å²) in [7, 11) is 4.07. The average molecular weight is 383 g/mol. The third-order valence-electron chi connectivity index (χ3n) is 5.45. The molecule has 2 heterocycles. The number of benzene rings is 1. The number of unbranched alkanes of at least 4 members (excludes halogenated alkanes) is 4. The minimum atomic E-state index is 0.121. The third kappa shape index (κ3) is 5.48. The van der Waals surface area contributed by atoms with Gasteiger partial charge in [-0.15, -0.1) is 0 Å². The van der Waals surface area contributed by atoms with Gasteiger partial charge in [-0.05, 0) is 50.7 Å². The SMILES string of the molecule is CCCCCCCc1ccc(C(=O)N2CCc3oc(CN(C)C)cc3C2)cc1. The van der Waals surface area contributed by atoms with Crippen LogP contribution in [0.4, 0.5) is 0 Å². The summed E-state index contributed by atoms with van der Waals surface area (Å²) in [5, 5.41) is 0. The lowest BCUT2D eigenvalue weighted by Gasteiger charge is -2.26. The van der Waals surface area contributed by atoms with E-state index in [0.717, 1.165) is 48.6 Å². The summed E-state index contributed by atoms with van der Waals surface area (Å²) in [4.78, 5) is 17.0. The van der Waals surface area contributed by atoms with Gasteiger partial charge >= 0.3 is 0 Å². The largest absolute Gasteiger partial charge is 0.464 e. The zero-order chi connectivity index (χ0) is 19.9. The molecule has 28 heavy (non-hydrogen) atoms. The number of carbonyl (C=O) groups is 1. The predicted molar refractivity (Wildman–Crippen MR) is 113 cm³/mol. The first-order valence-electron chi connectivity index (χ1n) is 10.7. The fraction of sp³-hybridized carbons (Fsp3) is 0.542. The molecule has 1 aromatic carbocycles. The Hall–Kier alpha value is -2.07. The number of aryl methyl sites for hydroxylation is 1. The number of amides is 1. The van der Waals surface area contributed by atoms with Crippen molar-refractivity contribution in [2.75, 3.05) is 20.6 Å². The Balaban J connectivity index is 1.55. The van der Waals surface area contributed by atoms with Gasteiger partial charge in [0.25, 0.3) is 5.91 Å². The van der Waals surface area contributed by atoms with Crippen LogP contribution in [0.3, 0.4) is 0 Å². The summed E-state index contributed by atoms with van der Waals surface area (Å²) in [6.45, 7) is 4.40. The van der Waals surface area contributed by atoms with Gasteiger partial charge in [-0.25, -0.2) is 0 Å². The van der Waals surface area contributed by atoms with E-state index >= 15 is 0 Å². The average Bonchev–Trinajstić information content (AvgIpc) is 3.08. The summed E-state index contributed by atoms with van der Waals surface area (Å²) in [5.41, 5.74) is 3.27. The maximum Gasteiger partial charge on any atom is 0.254 e. The van der Waals surface area contributed by atoms with Crippen molar-refractivity contribution in [3.05, 3.63) is 58.5 Å². The molecular formula is C24H34N2O2. The van der Waals surface area contributed by atoms with E-state index in [9.17, 15) is 4.79 Å². The van der Waals surface area contributed by atoms with Crippen LogP contribution in [0.1, 0.15) is 72.0 Å². The molecule has 4 nitrogen and oxygen atoms in total. The van der Waals surface area contributed by atoms with Crippen molar-refractivity contribution < 1.29 is 9.21 Å². The van der Waals surface area contributed by atoms with Crippen molar-refractivity contribution in [1.82, 2.24) is 9.80 Å². The molecule has 152 valence electrons. The monoisotopic (exact) mass is 382 g/mol. The molecule has 0 atom stereocenters. The number of furan rings is 1. The summed E-state index contributed by atoms with van der Waals surface area (Å²) < 4.78 is 5.95. The van der Waals surface area contributed by atoms with Gasteiger partial charge in [0.1, 0.15) is 11.5 Å². The van der Waals surface area contributed by atoms with Crippen LogP contribution in [-0.2, 0) is 25.9 Å². The molecule has 0 aliphatic carbocycles. The van der Waals surface area contributed by atoms with Gasteiger partial charge in [0, 0.05) is 30.6 Å². The highest BCUT2D eigenvalue weighted by atomic mass is 16.3. The Morgan fingerprint density at radius 1 is 1.11 bits per heavy atom. The van der Waals surface area contributed by atoms with Crippen LogP contribution >= 0.6 is 0 Å². The van der Waals surface area contributed by atoms with E-state index in [1.54, 1.807) is 0 Å². The maximum atomic E-state index is 12.9. The standard InChI is InChI=1S/C24H34N2O2/c1-4-5-6-7-8-9-19-10-12-20(13-11-19)24(27)26-15-14-23-21(17-26)16-22(28-23)18-25(2)3/h10-13,16H,4-9,14-15,17-18H2,1-3H3. The molecule has 0 fully saturated rings. The van der Waals surface area contributed by atoms with E-state index in [1.807, 2.05) is 31.1 Å². The molecule has 1 aromatic heterocycles. The predicted octanol–water partition coefficient (Wildman–Crippen LogP) is 5.05. The highest BCUT2D eigenvalue weighted by Crippen LogP contribution is 2.25. The molecule has 0 spiro atoms. The molecular weight excluding hydrogens is 348 g/mol. The molecule has 1 aliphatic rings. The first-order chi connectivity index (χ1) is 13.6. The number of hydrogen-bond acceptors (Lipinski definition) is 3. The normalized spacial score (nSPS) is 13.8. The van der Waals surface area contributed by atoms with Crippen LogP contribution in [0.15, 0.2) is 34.7 Å². The Morgan fingerprint density at radius 2 is 1.86 bits per heavy atom. The second kappa shape index (κ2) is 9.92. The third-order valence-corrected chi connectivity index (χ3v) is 5.45. The number of carbonyl (C=O) groups excluding carboxylic acids is 1. The van der Waals surface area contributed by atoms with Crippen molar-refractivity contribution in [3.8, 4) is 0 Å². The molecule has 0 N–H and O–H groups in total. The van der Waals surface area contributed by atoms with Gasteiger partial charge in [0.2, 0.25) is 0 Å². The van der Waals surface area contributed by atoms with Crippen molar-refractivity contribution >= 4 is 5.91 Å². The number of fused-ring (bicyclic) bond motifs is 1. The zero-order valence-electron chi connectivity index (χ0n) is 17.7. The van der Waals surface area contributed by atoms with Gasteiger partial charge in [-0.2, -0.15) is 0 Å². The second-order valence-corrected chi connectivity index (χ2v) is 8.24. The Morgan fingerprint density at radius 3 is 2.57 bits per heavy atom. The topological polar surface area (TPSA) is 36.7 Å². The zero-order valence-corrected chi connectivity index (χ0v) is 17.7. The van der Waals surface area contributed by atoms with Crippen molar-refractivity contribution in [2.45, 2.75) is 65.0 Å². The minimum absolute atomic E-state index is 0.121. The van der Waals surface area contributed by atoms with Crippen LogP contribution < -0.4 is 0 Å². The van der Waals surface area contributed by atoms with Gasteiger partial charge in [-0.1, -0.05) is 44.7 Å². The second-order valence-electron chi connectivity index (χ2n) is 8.24. The number of nitrogens with zero attached hydrogens (tertiary/aromatic N) is 2. The fourth-order valence-electron chi connectivity index (χ4n) is 3.89. The lowest BCUT2D eigenvalue weighted by Crippen LogP contribution is -2.35. The van der Waals surface area contributed by atoms with Crippen molar-refractivity contribution in [3.63, 3.8) is 0 Å². The Kier molecular flexibility index (Phi) is 7.32. The molecule has 1 amide bonds. The summed E-state index contributed by atoms with van der Waals surface area (Å²) >= 11 is 0. The van der Waals surface area contributed by atoms with Crippen LogP contribution in [0.2, 0.25) is 0 Å². The maximum absolute atomic E-state index is 12.9. The van der Waals surface area contributed by atoms with Crippen molar-refractivity contribution in [2.24, 2.45) is 0 Å². The first kappa shape index (κ1) is 20.7. The highest BCUT2D eigenvalue weighted by molar-refractivity contribution is 5.94. The smallest absolute Gasteiger partial charge is 0.254 e. The number of rotatable bonds is 9. The van der Waals surface area contributed by atoms with Gasteiger partial charge in [0.15, 0.2) is 0 Å². The van der Waals surface area contributed by atoms with Crippen LogP contribution in [-0.4, -0.2) is 36.3 Å². The molecule has 0 unspecified atom stereocenters. The summed E-state index contributed by atoms with van der Waals surface area (Å²) in [6, 6.07) is 10.3. The van der Waals surface area contributed by atoms with E-state index in [4.69, 9.17) is 4.42 Å². The molecule has 0 radical (unpaired) electrons. The summed E-state index contributed by atoms with van der Waals surface area (Å²) in [6.07, 6.45) is 8.37. The molecule has 0 bridgehead atoms. The van der Waals surface area contributed by atoms with E-state index < -0.39 is 0 Å². The van der Waals surface area contributed by atoms with Crippen LogP contribution in [0, 0.1) is 0 Å². The molecule has 0 saturated carbocycles. The molecule has 4 heteroatoms. The van der Waals surface area contributed by atoms with Gasteiger partial charge in [0.05, 0.1) is 6.54 Å². The number of hydrogen-bond donors (Lipinski definition) is 0. The minimum Gasteiger partial charge on any atom is -0.464 e. The lowest BCUT2D eigenvalue weighted by molar-refractivity contribution is 0.0729. The molecule has 0 saturated heterocycles. The lowest BCUT2D eigenvalue weighted by atomic mass is 10.0. The van der Waals surface area contributed by atoms with E-state index in [-0.39, 0.29) is 5.91 Å². The van der Waals surface area contributed by atoms with Gasteiger partial charge in [-0.3, -0.25) is 4.79 Å². The van der Waals surface area contributed by atoms with Crippen LogP contribution in [0.25, 0.3) is 0 Å².